The molecule has 156 valence electrons. The van der Waals surface area contributed by atoms with Crippen molar-refractivity contribution in [3.05, 3.63) is 51.1 Å². The Hall–Kier alpha value is -3.04. The number of hydrogen-bond donors (Lipinski definition) is 0. The van der Waals surface area contributed by atoms with Crippen LogP contribution in [0.3, 0.4) is 0 Å². The normalized spacial score (nSPS) is 12.9. The van der Waals surface area contributed by atoms with E-state index < -0.39 is 4.92 Å². The van der Waals surface area contributed by atoms with Gasteiger partial charge in [0.15, 0.2) is 18.3 Å². The molecule has 9 nitrogen and oxygen atoms in total. The van der Waals surface area contributed by atoms with Gasteiger partial charge >= 0.3 is 0 Å². The van der Waals surface area contributed by atoms with E-state index in [4.69, 9.17) is 23.7 Å². The van der Waals surface area contributed by atoms with Crippen molar-refractivity contribution in [2.24, 2.45) is 0 Å². The number of nitro groups is 1. The highest BCUT2D eigenvalue weighted by atomic mass is 16.7. The van der Waals surface area contributed by atoms with Crippen molar-refractivity contribution in [2.45, 2.75) is 19.7 Å². The van der Waals surface area contributed by atoms with Crippen LogP contribution in [0.15, 0.2) is 24.3 Å². The molecule has 2 aromatic rings. The van der Waals surface area contributed by atoms with Gasteiger partial charge in [-0.1, -0.05) is 6.07 Å². The van der Waals surface area contributed by atoms with Crippen LogP contribution in [-0.4, -0.2) is 45.0 Å². The molecule has 1 aliphatic rings. The molecular weight excluding hydrogens is 380 g/mol. The van der Waals surface area contributed by atoms with E-state index in [0.29, 0.717) is 41.7 Å². The van der Waals surface area contributed by atoms with Crippen LogP contribution in [0.1, 0.15) is 16.7 Å². The van der Waals surface area contributed by atoms with Gasteiger partial charge in [-0.2, -0.15) is 0 Å². The van der Waals surface area contributed by atoms with E-state index in [0.717, 1.165) is 11.1 Å². The molecule has 0 atom stereocenters. The van der Waals surface area contributed by atoms with Crippen LogP contribution in [-0.2, 0) is 24.4 Å². The lowest BCUT2D eigenvalue weighted by atomic mass is 10.1. The fourth-order valence-electron chi connectivity index (χ4n) is 3.43. The summed E-state index contributed by atoms with van der Waals surface area (Å²) in [4.78, 5) is 12.9. The summed E-state index contributed by atoms with van der Waals surface area (Å²) in [5.74, 6) is 2.34. The average molecular weight is 404 g/mol. The van der Waals surface area contributed by atoms with Gasteiger partial charge in [-0.15, -0.1) is 0 Å². The third-order valence-electron chi connectivity index (χ3n) is 4.65. The molecule has 0 saturated heterocycles. The molecule has 0 unspecified atom stereocenters. The zero-order chi connectivity index (χ0) is 21.0. The van der Waals surface area contributed by atoms with Crippen molar-refractivity contribution in [2.75, 3.05) is 35.2 Å². The predicted molar refractivity (Wildman–Crippen MR) is 105 cm³/mol. The number of ether oxygens (including phenoxy) is 5. The molecule has 9 heteroatoms. The number of non-ortho nitro benzene ring substituents is 1. The Bertz CT molecular complexity index is 901. The molecular formula is C20H24N2O7. The summed E-state index contributed by atoms with van der Waals surface area (Å²) in [7, 11) is 6.62. The highest BCUT2D eigenvalue weighted by molar-refractivity contribution is 5.56. The maximum atomic E-state index is 11.3. The predicted octanol–water partition coefficient (Wildman–Crippen LogP) is 3.12. The maximum Gasteiger partial charge on any atom is 0.270 e. The molecule has 0 aromatic heterocycles. The standard InChI is InChI=1S/C20H24N2O7/c1-21(9-13-5-6-17(25-2)20(27-4)19(13)26-3)10-14-7-16(22(23)24)8-15-11-28-12-29-18(14)15/h5-8H,9-12H2,1-4H3. The Kier molecular flexibility index (Phi) is 6.40. The number of nitrogens with zero attached hydrogens (tertiary/aromatic N) is 2. The SMILES string of the molecule is COc1ccc(CN(C)Cc2cc([N+](=O)[O-])cc3c2OCOC3)c(OC)c1OC. The van der Waals surface area contributed by atoms with E-state index in [1.54, 1.807) is 27.4 Å². The van der Waals surface area contributed by atoms with Gasteiger partial charge in [0.2, 0.25) is 5.75 Å². The zero-order valence-electron chi connectivity index (χ0n) is 16.9. The van der Waals surface area contributed by atoms with Crippen molar-refractivity contribution in [1.82, 2.24) is 4.90 Å². The number of methoxy groups -OCH3 is 3. The van der Waals surface area contributed by atoms with E-state index in [1.807, 2.05) is 24.1 Å². The summed E-state index contributed by atoms with van der Waals surface area (Å²) < 4.78 is 27.2. The van der Waals surface area contributed by atoms with Gasteiger partial charge in [-0.05, 0) is 13.1 Å². The maximum absolute atomic E-state index is 11.3. The Morgan fingerprint density at radius 1 is 1.07 bits per heavy atom. The molecule has 0 radical (unpaired) electrons. The highest BCUT2D eigenvalue weighted by Crippen LogP contribution is 2.40. The fourth-order valence-corrected chi connectivity index (χ4v) is 3.43. The van der Waals surface area contributed by atoms with E-state index in [2.05, 4.69) is 0 Å². The zero-order valence-corrected chi connectivity index (χ0v) is 16.9. The van der Waals surface area contributed by atoms with Gasteiger partial charge in [0.25, 0.3) is 5.69 Å². The minimum Gasteiger partial charge on any atom is -0.493 e. The molecule has 1 heterocycles. The molecule has 0 N–H and O–H groups in total. The minimum atomic E-state index is -0.407. The van der Waals surface area contributed by atoms with Crippen LogP contribution in [0.25, 0.3) is 0 Å². The van der Waals surface area contributed by atoms with Gasteiger partial charge in [0, 0.05) is 41.9 Å². The summed E-state index contributed by atoms with van der Waals surface area (Å²) in [5, 5.41) is 11.3. The first-order chi connectivity index (χ1) is 14.0. The number of hydrogen-bond acceptors (Lipinski definition) is 8. The number of rotatable bonds is 8. The van der Waals surface area contributed by atoms with Crippen molar-refractivity contribution in [3.63, 3.8) is 0 Å². The van der Waals surface area contributed by atoms with Crippen LogP contribution in [0, 0.1) is 10.1 Å². The van der Waals surface area contributed by atoms with Crippen LogP contribution < -0.4 is 18.9 Å². The van der Waals surface area contributed by atoms with Crippen molar-refractivity contribution < 1.29 is 28.6 Å². The first kappa shape index (κ1) is 20.7. The summed E-state index contributed by atoms with van der Waals surface area (Å²) in [6, 6.07) is 6.77. The quantitative estimate of drug-likeness (QED) is 0.489. The van der Waals surface area contributed by atoms with Crippen LogP contribution >= 0.6 is 0 Å². The topological polar surface area (TPSA) is 92.5 Å². The average Bonchev–Trinajstić information content (AvgIpc) is 2.72. The second-order valence-corrected chi connectivity index (χ2v) is 6.63. The van der Waals surface area contributed by atoms with Crippen molar-refractivity contribution in [1.29, 1.82) is 0 Å². The van der Waals surface area contributed by atoms with Crippen LogP contribution in [0.4, 0.5) is 5.69 Å². The first-order valence-electron chi connectivity index (χ1n) is 8.95. The molecule has 0 spiro atoms. The fraction of sp³-hybridized carbons (Fsp3) is 0.400. The second-order valence-electron chi connectivity index (χ2n) is 6.63. The summed E-state index contributed by atoms with van der Waals surface area (Å²) in [6.07, 6.45) is 0. The molecule has 0 fully saturated rings. The van der Waals surface area contributed by atoms with Gasteiger partial charge < -0.3 is 23.7 Å². The molecule has 0 saturated carbocycles. The van der Waals surface area contributed by atoms with Gasteiger partial charge in [-0.3, -0.25) is 15.0 Å². The Labute approximate surface area is 168 Å². The number of nitro benzene ring substituents is 1. The summed E-state index contributed by atoms with van der Waals surface area (Å²) in [5.41, 5.74) is 2.33. The lowest BCUT2D eigenvalue weighted by Gasteiger charge is -2.24. The Morgan fingerprint density at radius 2 is 1.79 bits per heavy atom. The molecule has 1 aliphatic heterocycles. The monoisotopic (exact) mass is 404 g/mol. The van der Waals surface area contributed by atoms with Crippen LogP contribution in [0.2, 0.25) is 0 Å². The van der Waals surface area contributed by atoms with E-state index in [1.165, 1.54) is 6.07 Å². The van der Waals surface area contributed by atoms with E-state index in [9.17, 15) is 10.1 Å². The van der Waals surface area contributed by atoms with E-state index in [-0.39, 0.29) is 19.1 Å². The molecule has 29 heavy (non-hydrogen) atoms. The minimum absolute atomic E-state index is 0.0185. The van der Waals surface area contributed by atoms with Crippen molar-refractivity contribution in [3.8, 4) is 23.0 Å². The lowest BCUT2D eigenvalue weighted by molar-refractivity contribution is -0.385. The lowest BCUT2D eigenvalue weighted by Crippen LogP contribution is -2.20. The molecule has 0 amide bonds. The highest BCUT2D eigenvalue weighted by Gasteiger charge is 2.23. The molecule has 2 aromatic carbocycles. The first-order valence-corrected chi connectivity index (χ1v) is 8.95. The van der Waals surface area contributed by atoms with Gasteiger partial charge in [0.05, 0.1) is 32.9 Å². The Morgan fingerprint density at radius 3 is 2.45 bits per heavy atom. The van der Waals surface area contributed by atoms with Crippen molar-refractivity contribution >= 4 is 5.69 Å². The third kappa shape index (κ3) is 4.36. The summed E-state index contributed by atoms with van der Waals surface area (Å²) >= 11 is 0. The summed E-state index contributed by atoms with van der Waals surface area (Å²) in [6.45, 7) is 1.39. The smallest absolute Gasteiger partial charge is 0.270 e. The second kappa shape index (κ2) is 8.97. The number of benzene rings is 2. The Balaban J connectivity index is 1.87. The molecule has 3 rings (SSSR count). The third-order valence-corrected chi connectivity index (χ3v) is 4.65. The molecule has 0 aliphatic carbocycles. The number of fused-ring (bicyclic) bond motifs is 1. The van der Waals surface area contributed by atoms with Crippen LogP contribution in [0.5, 0.6) is 23.0 Å². The van der Waals surface area contributed by atoms with Gasteiger partial charge in [-0.25, -0.2) is 0 Å². The molecule has 0 bridgehead atoms. The van der Waals surface area contributed by atoms with Gasteiger partial charge in [0.1, 0.15) is 5.75 Å². The van der Waals surface area contributed by atoms with E-state index >= 15 is 0 Å². The largest absolute Gasteiger partial charge is 0.493 e.